The summed E-state index contributed by atoms with van der Waals surface area (Å²) in [6.45, 7) is 2.07. The second-order valence-corrected chi connectivity index (χ2v) is 5.73. The summed E-state index contributed by atoms with van der Waals surface area (Å²) < 4.78 is 1.12. The van der Waals surface area contributed by atoms with Crippen LogP contribution in [0.3, 0.4) is 0 Å². The van der Waals surface area contributed by atoms with Crippen LogP contribution in [0.2, 0.25) is 0 Å². The summed E-state index contributed by atoms with van der Waals surface area (Å²) >= 11 is 2.22. The molecule has 5 heteroatoms. The first-order valence-corrected chi connectivity index (χ1v) is 7.49. The van der Waals surface area contributed by atoms with Crippen molar-refractivity contribution in [3.63, 3.8) is 0 Å². The topological polar surface area (TPSA) is 68.0 Å². The number of nitrogens with zero attached hydrogens (tertiary/aromatic N) is 1. The Hall–Kier alpha value is -1.63. The maximum Gasteiger partial charge on any atom is 0.255 e. The molecule has 20 heavy (non-hydrogen) atoms. The van der Waals surface area contributed by atoms with Gasteiger partial charge in [-0.3, -0.25) is 4.79 Å². The van der Waals surface area contributed by atoms with E-state index in [0.717, 1.165) is 27.8 Å². The third-order valence-corrected chi connectivity index (χ3v) is 3.49. The van der Waals surface area contributed by atoms with E-state index in [-0.39, 0.29) is 5.91 Å². The van der Waals surface area contributed by atoms with Crippen LogP contribution in [0, 0.1) is 3.57 Å². The van der Waals surface area contributed by atoms with Crippen molar-refractivity contribution in [2.24, 2.45) is 0 Å². The van der Waals surface area contributed by atoms with Crippen LogP contribution in [0.1, 0.15) is 29.4 Å². The molecule has 104 valence electrons. The molecule has 1 heterocycles. The van der Waals surface area contributed by atoms with E-state index in [1.165, 1.54) is 0 Å². The van der Waals surface area contributed by atoms with Gasteiger partial charge in [0.15, 0.2) is 0 Å². The lowest BCUT2D eigenvalue weighted by molar-refractivity contribution is 0.102. The van der Waals surface area contributed by atoms with E-state index in [9.17, 15) is 4.79 Å². The zero-order valence-corrected chi connectivity index (χ0v) is 13.3. The Kier molecular flexibility index (Phi) is 4.94. The van der Waals surface area contributed by atoms with Crippen molar-refractivity contribution < 1.29 is 4.79 Å². The van der Waals surface area contributed by atoms with E-state index in [4.69, 9.17) is 5.73 Å². The van der Waals surface area contributed by atoms with E-state index < -0.39 is 0 Å². The maximum atomic E-state index is 12.2. The van der Waals surface area contributed by atoms with Gasteiger partial charge in [-0.2, -0.15) is 0 Å². The van der Waals surface area contributed by atoms with Crippen molar-refractivity contribution in [3.05, 3.63) is 51.2 Å². The van der Waals surface area contributed by atoms with Crippen molar-refractivity contribution in [2.45, 2.75) is 19.8 Å². The number of nitrogens with two attached hydrogens (primary N) is 1. The number of carbonyl (C=O) groups is 1. The number of anilines is 2. The molecule has 0 spiro atoms. The minimum Gasteiger partial charge on any atom is -0.384 e. The lowest BCUT2D eigenvalue weighted by Crippen LogP contribution is -2.13. The number of amides is 1. The molecule has 0 saturated heterocycles. The summed E-state index contributed by atoms with van der Waals surface area (Å²) in [4.78, 5) is 16.4. The fourth-order valence-corrected chi connectivity index (χ4v) is 2.22. The van der Waals surface area contributed by atoms with Gasteiger partial charge in [0, 0.05) is 20.5 Å². The summed E-state index contributed by atoms with van der Waals surface area (Å²) in [7, 11) is 0. The molecule has 0 saturated carbocycles. The molecule has 0 aliphatic heterocycles. The molecule has 0 bridgehead atoms. The first kappa shape index (κ1) is 14.8. The first-order valence-electron chi connectivity index (χ1n) is 6.42. The van der Waals surface area contributed by atoms with Crippen LogP contribution in [-0.4, -0.2) is 10.9 Å². The lowest BCUT2D eigenvalue weighted by Gasteiger charge is -2.08. The van der Waals surface area contributed by atoms with Crippen molar-refractivity contribution in [1.82, 2.24) is 4.98 Å². The highest BCUT2D eigenvalue weighted by Crippen LogP contribution is 2.14. The van der Waals surface area contributed by atoms with Crippen LogP contribution in [0.4, 0.5) is 11.5 Å². The predicted octanol–water partition coefficient (Wildman–Crippen LogP) is 3.47. The SMILES string of the molecule is CCCc1cc(C(=O)Nc2ccc(I)cc2)cc(N)n1. The highest BCUT2D eigenvalue weighted by molar-refractivity contribution is 14.1. The fourth-order valence-electron chi connectivity index (χ4n) is 1.86. The number of halogens is 1. The molecule has 0 aliphatic carbocycles. The van der Waals surface area contributed by atoms with Gasteiger partial charge < -0.3 is 11.1 Å². The van der Waals surface area contributed by atoms with Gasteiger partial charge in [-0.1, -0.05) is 13.3 Å². The molecule has 0 aliphatic rings. The number of rotatable bonds is 4. The van der Waals surface area contributed by atoms with Gasteiger partial charge in [-0.15, -0.1) is 0 Å². The number of nitrogen functional groups attached to an aromatic ring is 1. The van der Waals surface area contributed by atoms with E-state index in [0.29, 0.717) is 11.4 Å². The number of hydrogen-bond donors (Lipinski definition) is 2. The van der Waals surface area contributed by atoms with Crippen LogP contribution in [0.5, 0.6) is 0 Å². The molecule has 2 rings (SSSR count). The highest BCUT2D eigenvalue weighted by Gasteiger charge is 2.09. The van der Waals surface area contributed by atoms with E-state index in [1.807, 2.05) is 24.3 Å². The first-order chi connectivity index (χ1) is 9.58. The van der Waals surface area contributed by atoms with Crippen molar-refractivity contribution >= 4 is 40.0 Å². The number of aryl methyl sites for hydroxylation is 1. The Bertz CT molecular complexity index is 611. The number of carbonyl (C=O) groups excluding carboxylic acids is 1. The van der Waals surface area contributed by atoms with Gasteiger partial charge in [0.1, 0.15) is 5.82 Å². The third kappa shape index (κ3) is 3.93. The minimum absolute atomic E-state index is 0.169. The summed E-state index contributed by atoms with van der Waals surface area (Å²) in [6, 6.07) is 11.0. The molecule has 0 atom stereocenters. The molecular weight excluding hydrogens is 365 g/mol. The van der Waals surface area contributed by atoms with Crippen molar-refractivity contribution in [2.75, 3.05) is 11.1 Å². The monoisotopic (exact) mass is 381 g/mol. The molecule has 1 aromatic carbocycles. The van der Waals surface area contributed by atoms with Gasteiger partial charge in [-0.05, 0) is 65.4 Å². The van der Waals surface area contributed by atoms with Gasteiger partial charge in [0.25, 0.3) is 5.91 Å². The standard InChI is InChI=1S/C15H16IN3O/c1-2-3-13-8-10(9-14(17)18-13)15(20)19-12-6-4-11(16)5-7-12/h4-9H,2-3H2,1H3,(H2,17,18)(H,19,20). The van der Waals surface area contributed by atoms with Gasteiger partial charge in [0.2, 0.25) is 0 Å². The molecule has 0 unspecified atom stereocenters. The summed E-state index contributed by atoms with van der Waals surface area (Å²) in [6.07, 6.45) is 1.78. The Morgan fingerprint density at radius 3 is 2.65 bits per heavy atom. The predicted molar refractivity (Wildman–Crippen MR) is 89.8 cm³/mol. The third-order valence-electron chi connectivity index (χ3n) is 2.77. The van der Waals surface area contributed by atoms with Crippen LogP contribution < -0.4 is 11.1 Å². The molecule has 0 fully saturated rings. The van der Waals surface area contributed by atoms with Crippen molar-refractivity contribution in [1.29, 1.82) is 0 Å². The second-order valence-electron chi connectivity index (χ2n) is 4.48. The van der Waals surface area contributed by atoms with Crippen LogP contribution in [0.25, 0.3) is 0 Å². The maximum absolute atomic E-state index is 12.2. The lowest BCUT2D eigenvalue weighted by atomic mass is 10.1. The van der Waals surface area contributed by atoms with E-state index >= 15 is 0 Å². The Morgan fingerprint density at radius 2 is 2.00 bits per heavy atom. The summed E-state index contributed by atoms with van der Waals surface area (Å²) in [5.74, 6) is 0.210. The Morgan fingerprint density at radius 1 is 1.30 bits per heavy atom. The Balaban J connectivity index is 2.18. The summed E-state index contributed by atoms with van der Waals surface area (Å²) in [5, 5.41) is 2.86. The van der Waals surface area contributed by atoms with Crippen LogP contribution >= 0.6 is 22.6 Å². The smallest absolute Gasteiger partial charge is 0.255 e. The molecule has 4 nitrogen and oxygen atoms in total. The van der Waals surface area contributed by atoms with Gasteiger partial charge in [-0.25, -0.2) is 4.98 Å². The molecule has 3 N–H and O–H groups in total. The average molecular weight is 381 g/mol. The number of pyridine rings is 1. The molecule has 0 radical (unpaired) electrons. The summed E-state index contributed by atoms with van der Waals surface area (Å²) in [5.41, 5.74) is 7.90. The molecule has 1 aromatic heterocycles. The number of benzene rings is 1. The minimum atomic E-state index is -0.169. The average Bonchev–Trinajstić information content (AvgIpc) is 2.41. The van der Waals surface area contributed by atoms with E-state index in [2.05, 4.69) is 39.8 Å². The zero-order chi connectivity index (χ0) is 14.5. The zero-order valence-electron chi connectivity index (χ0n) is 11.2. The number of aromatic nitrogens is 1. The number of nitrogens with one attached hydrogen (secondary N) is 1. The highest BCUT2D eigenvalue weighted by atomic mass is 127. The van der Waals surface area contributed by atoms with E-state index in [1.54, 1.807) is 12.1 Å². The van der Waals surface area contributed by atoms with Crippen LogP contribution in [0.15, 0.2) is 36.4 Å². The Labute approximate surface area is 131 Å². The molecule has 2 aromatic rings. The number of hydrogen-bond acceptors (Lipinski definition) is 3. The fraction of sp³-hybridized carbons (Fsp3) is 0.200. The van der Waals surface area contributed by atoms with Gasteiger partial charge in [0.05, 0.1) is 0 Å². The quantitative estimate of drug-likeness (QED) is 0.797. The normalized spacial score (nSPS) is 10.3. The molecule has 1 amide bonds. The second kappa shape index (κ2) is 6.69. The van der Waals surface area contributed by atoms with Crippen molar-refractivity contribution in [3.8, 4) is 0 Å². The largest absolute Gasteiger partial charge is 0.384 e. The van der Waals surface area contributed by atoms with Crippen LogP contribution in [-0.2, 0) is 6.42 Å². The van der Waals surface area contributed by atoms with Gasteiger partial charge >= 0.3 is 0 Å². The molecular formula is C15H16IN3O.